The fraction of sp³-hybridized carbons (Fsp3) is 0.583. The summed E-state index contributed by atoms with van der Waals surface area (Å²) in [7, 11) is 0. The highest BCUT2D eigenvalue weighted by Gasteiger charge is 2.41. The largest absolute Gasteiger partial charge is 0.381 e. The summed E-state index contributed by atoms with van der Waals surface area (Å²) in [5, 5.41) is 11.0. The van der Waals surface area contributed by atoms with E-state index in [0.29, 0.717) is 17.8 Å². The Hall–Kier alpha value is -2.26. The van der Waals surface area contributed by atoms with Crippen LogP contribution in [0.25, 0.3) is 11.3 Å². The van der Waals surface area contributed by atoms with Crippen LogP contribution in [-0.2, 0) is 4.74 Å². The van der Waals surface area contributed by atoms with Gasteiger partial charge in [0.1, 0.15) is 11.6 Å². The van der Waals surface area contributed by atoms with Gasteiger partial charge in [0, 0.05) is 44.5 Å². The molecule has 2 aromatic rings. The summed E-state index contributed by atoms with van der Waals surface area (Å²) in [6.07, 6.45) is 1.25. The lowest BCUT2D eigenvalue weighted by atomic mass is 10.00. The van der Waals surface area contributed by atoms with Crippen molar-refractivity contribution in [1.82, 2.24) is 15.1 Å². The lowest BCUT2D eigenvalue weighted by Gasteiger charge is -2.28. The van der Waals surface area contributed by atoms with Crippen molar-refractivity contribution in [1.29, 1.82) is 0 Å². The summed E-state index contributed by atoms with van der Waals surface area (Å²) in [6, 6.07) is 4.00. The zero-order chi connectivity index (χ0) is 22.9. The number of aromatic nitrogens is 2. The van der Waals surface area contributed by atoms with Gasteiger partial charge in [0.25, 0.3) is 6.43 Å². The quantitative estimate of drug-likeness (QED) is 0.616. The zero-order valence-electron chi connectivity index (χ0n) is 18.3. The summed E-state index contributed by atoms with van der Waals surface area (Å²) >= 11 is 0. The van der Waals surface area contributed by atoms with Gasteiger partial charge in [0.15, 0.2) is 5.82 Å². The molecule has 0 unspecified atom stereocenters. The van der Waals surface area contributed by atoms with Gasteiger partial charge in [-0.25, -0.2) is 17.6 Å². The van der Waals surface area contributed by atoms with E-state index < -0.39 is 18.1 Å². The maximum absolute atomic E-state index is 14.1. The first-order valence-corrected chi connectivity index (χ1v) is 11.6. The van der Waals surface area contributed by atoms with Crippen molar-refractivity contribution in [3.63, 3.8) is 0 Å². The minimum absolute atomic E-state index is 0.0228. The predicted molar refractivity (Wildman–Crippen MR) is 116 cm³/mol. The number of hydrogen-bond acceptors (Lipinski definition) is 5. The van der Waals surface area contributed by atoms with Crippen molar-refractivity contribution in [3.05, 3.63) is 41.5 Å². The maximum Gasteiger partial charge on any atom is 0.267 e. The highest BCUT2D eigenvalue weighted by atomic mass is 19.3. The van der Waals surface area contributed by atoms with Gasteiger partial charge in [-0.15, -0.1) is 10.2 Å². The number of nitrogens with zero attached hydrogens (tertiary/aromatic N) is 3. The summed E-state index contributed by atoms with van der Waals surface area (Å²) in [5.74, 6) is 0.418. The SMILES string of the molecule is Fc1ccc(F)c(-c2cc(C(F)F)c(N[C@H]3C[C@@H]4CN(CC5CCOCC5)C[C@@H]4C3)nn2)c1. The Kier molecular flexibility index (Phi) is 6.51. The number of nitrogens with one attached hydrogen (secondary N) is 1. The first-order chi connectivity index (χ1) is 16.0. The van der Waals surface area contributed by atoms with Crippen molar-refractivity contribution in [2.45, 2.75) is 38.2 Å². The minimum atomic E-state index is -2.81. The molecule has 1 aliphatic carbocycles. The first kappa shape index (κ1) is 22.5. The average Bonchev–Trinajstić information content (AvgIpc) is 3.34. The van der Waals surface area contributed by atoms with E-state index in [9.17, 15) is 17.6 Å². The zero-order valence-corrected chi connectivity index (χ0v) is 18.3. The van der Waals surface area contributed by atoms with Gasteiger partial charge in [0.05, 0.1) is 11.3 Å². The van der Waals surface area contributed by atoms with Crippen LogP contribution < -0.4 is 5.32 Å². The Labute approximate surface area is 190 Å². The molecule has 0 amide bonds. The van der Waals surface area contributed by atoms with Gasteiger partial charge in [-0.2, -0.15) is 0 Å². The van der Waals surface area contributed by atoms with Gasteiger partial charge in [-0.05, 0) is 67.7 Å². The fourth-order valence-corrected chi connectivity index (χ4v) is 5.66. The van der Waals surface area contributed by atoms with E-state index >= 15 is 0 Å². The number of rotatable bonds is 6. The molecule has 1 aromatic heterocycles. The number of anilines is 1. The van der Waals surface area contributed by atoms with Crippen LogP contribution in [0.3, 0.4) is 0 Å². The van der Waals surface area contributed by atoms with E-state index in [2.05, 4.69) is 20.4 Å². The molecule has 5 rings (SSSR count). The normalized spacial score (nSPS) is 26.2. The molecule has 9 heteroatoms. The van der Waals surface area contributed by atoms with Crippen LogP contribution in [-0.4, -0.2) is 54.0 Å². The van der Waals surface area contributed by atoms with E-state index in [-0.39, 0.29) is 28.7 Å². The Morgan fingerprint density at radius 3 is 2.45 bits per heavy atom. The minimum Gasteiger partial charge on any atom is -0.381 e. The molecule has 178 valence electrons. The van der Waals surface area contributed by atoms with Crippen LogP contribution in [0.2, 0.25) is 0 Å². The van der Waals surface area contributed by atoms with Crippen molar-refractivity contribution in [2.24, 2.45) is 17.8 Å². The van der Waals surface area contributed by atoms with Crippen molar-refractivity contribution in [3.8, 4) is 11.3 Å². The summed E-state index contributed by atoms with van der Waals surface area (Å²) < 4.78 is 60.6. The van der Waals surface area contributed by atoms with Crippen molar-refractivity contribution in [2.75, 3.05) is 38.2 Å². The van der Waals surface area contributed by atoms with E-state index in [1.807, 2.05) is 0 Å². The molecule has 0 spiro atoms. The van der Waals surface area contributed by atoms with Gasteiger partial charge in [-0.1, -0.05) is 0 Å². The third kappa shape index (κ3) is 4.99. The molecule has 1 N–H and O–H groups in total. The van der Waals surface area contributed by atoms with E-state index in [0.717, 1.165) is 82.8 Å². The molecule has 3 aliphatic rings. The van der Waals surface area contributed by atoms with Crippen molar-refractivity contribution >= 4 is 5.82 Å². The highest BCUT2D eigenvalue weighted by molar-refractivity contribution is 5.63. The average molecular weight is 465 g/mol. The predicted octanol–water partition coefficient (Wildman–Crippen LogP) is 4.91. The van der Waals surface area contributed by atoms with E-state index in [4.69, 9.17) is 4.74 Å². The summed E-state index contributed by atoms with van der Waals surface area (Å²) in [5.41, 5.74) is -0.641. The second kappa shape index (κ2) is 9.54. The van der Waals surface area contributed by atoms with Crippen LogP contribution in [0, 0.1) is 29.4 Å². The molecule has 33 heavy (non-hydrogen) atoms. The molecule has 5 nitrogen and oxygen atoms in total. The number of benzene rings is 1. The standard InChI is InChI=1S/C24H28F4N4O/c25-17-1-2-21(26)19(9-17)22-10-20(23(27)28)24(31-30-22)29-18-7-15-12-32(13-16(15)8-18)11-14-3-5-33-6-4-14/h1-2,9-10,14-16,18,23H,3-8,11-13H2,(H,29,31)/t15-,16+,18+. The van der Waals surface area contributed by atoms with Crippen LogP contribution in [0.15, 0.2) is 24.3 Å². The number of ether oxygens (including phenoxy) is 1. The molecule has 0 radical (unpaired) electrons. The lowest BCUT2D eigenvalue weighted by Crippen LogP contribution is -2.32. The van der Waals surface area contributed by atoms with Gasteiger partial charge in [-0.3, -0.25) is 0 Å². The van der Waals surface area contributed by atoms with Crippen LogP contribution in [0.1, 0.15) is 37.7 Å². The van der Waals surface area contributed by atoms with Gasteiger partial charge < -0.3 is 15.0 Å². The Bertz CT molecular complexity index is 971. The smallest absolute Gasteiger partial charge is 0.267 e. The molecule has 2 saturated heterocycles. The lowest BCUT2D eigenvalue weighted by molar-refractivity contribution is 0.0545. The number of alkyl halides is 2. The Balaban J connectivity index is 1.23. The number of likely N-dealkylation sites (tertiary alicyclic amines) is 1. The fourth-order valence-electron chi connectivity index (χ4n) is 5.66. The van der Waals surface area contributed by atoms with E-state index in [1.165, 1.54) is 0 Å². The second-order valence-corrected chi connectivity index (χ2v) is 9.57. The summed E-state index contributed by atoms with van der Waals surface area (Å²) in [4.78, 5) is 2.55. The molecule has 3 heterocycles. The molecular weight excluding hydrogens is 436 g/mol. The number of fused-ring (bicyclic) bond motifs is 1. The van der Waals surface area contributed by atoms with Crippen molar-refractivity contribution < 1.29 is 22.3 Å². The summed E-state index contributed by atoms with van der Waals surface area (Å²) in [6.45, 7) is 4.93. The monoisotopic (exact) mass is 464 g/mol. The highest BCUT2D eigenvalue weighted by Crippen LogP contribution is 2.40. The third-order valence-corrected chi connectivity index (χ3v) is 7.29. The number of halogens is 4. The molecule has 1 saturated carbocycles. The topological polar surface area (TPSA) is 50.3 Å². The van der Waals surface area contributed by atoms with Crippen LogP contribution >= 0.6 is 0 Å². The molecule has 3 atom stereocenters. The molecule has 1 aromatic carbocycles. The Morgan fingerprint density at radius 1 is 1.03 bits per heavy atom. The molecule has 3 fully saturated rings. The van der Waals surface area contributed by atoms with Gasteiger partial charge in [0.2, 0.25) is 0 Å². The molecular formula is C24H28F4N4O. The van der Waals surface area contributed by atoms with Gasteiger partial charge >= 0.3 is 0 Å². The maximum atomic E-state index is 14.1. The molecule has 0 bridgehead atoms. The van der Waals surface area contributed by atoms with E-state index in [1.54, 1.807) is 0 Å². The third-order valence-electron chi connectivity index (χ3n) is 7.29. The van der Waals surface area contributed by atoms with Crippen LogP contribution in [0.4, 0.5) is 23.4 Å². The van der Waals surface area contributed by atoms with Crippen LogP contribution in [0.5, 0.6) is 0 Å². The first-order valence-electron chi connectivity index (χ1n) is 11.6. The number of hydrogen-bond donors (Lipinski definition) is 1. The Morgan fingerprint density at radius 2 is 1.76 bits per heavy atom. The second-order valence-electron chi connectivity index (χ2n) is 9.57. The molecule has 2 aliphatic heterocycles.